The third-order valence-corrected chi connectivity index (χ3v) is 6.12. The van der Waals surface area contributed by atoms with Gasteiger partial charge in [-0.25, -0.2) is 19.9 Å². The van der Waals surface area contributed by atoms with Crippen molar-refractivity contribution in [3.63, 3.8) is 0 Å². The average Bonchev–Trinajstić information content (AvgIpc) is 3.08. The van der Waals surface area contributed by atoms with Crippen LogP contribution in [0.15, 0.2) is 36.9 Å². The Kier molecular flexibility index (Phi) is 3.89. The maximum Gasteiger partial charge on any atom is 0.140 e. The van der Waals surface area contributed by atoms with Crippen molar-refractivity contribution in [1.29, 1.82) is 0 Å². The molecule has 4 aromatic rings. The quantitative estimate of drug-likeness (QED) is 0.533. The average molecular weight is 376 g/mol. The van der Waals surface area contributed by atoms with E-state index in [1.807, 2.05) is 0 Å². The van der Waals surface area contributed by atoms with E-state index in [1.165, 1.54) is 10.4 Å². The summed E-state index contributed by atoms with van der Waals surface area (Å²) in [6.07, 6.45) is 3.35. The summed E-state index contributed by atoms with van der Waals surface area (Å²) in [5.41, 5.74) is 2.23. The molecule has 4 heterocycles. The van der Waals surface area contributed by atoms with Crippen molar-refractivity contribution in [2.75, 3.05) is 36.0 Å². The number of aryl methyl sites for hydroxylation is 2. The normalized spacial score (nSPS) is 15.0. The number of piperazine rings is 1. The molecule has 0 radical (unpaired) electrons. The summed E-state index contributed by atoms with van der Waals surface area (Å²) in [6.45, 7) is 7.90. The van der Waals surface area contributed by atoms with E-state index in [2.05, 4.69) is 67.8 Å². The second-order valence-corrected chi connectivity index (χ2v) is 8.15. The molecule has 6 nitrogen and oxygen atoms in total. The topological polar surface area (TPSA) is 58.0 Å². The minimum atomic E-state index is 0.912. The van der Waals surface area contributed by atoms with Gasteiger partial charge in [0.1, 0.15) is 29.1 Å². The maximum absolute atomic E-state index is 4.61. The standard InChI is InChI=1S/C20H20N6S/c1-13-4-3-5-16-17(13)19(23-11-21-16)26-8-6-25(7-9-26)18-15-10-14(2)27-20(15)24-12-22-18/h3-5,10-12H,6-9H2,1-2H3. The maximum atomic E-state index is 4.61. The molecule has 3 aromatic heterocycles. The molecule has 0 amide bonds. The van der Waals surface area contributed by atoms with E-state index in [4.69, 9.17) is 0 Å². The van der Waals surface area contributed by atoms with Gasteiger partial charge in [0.05, 0.1) is 10.9 Å². The van der Waals surface area contributed by atoms with Gasteiger partial charge in [-0.15, -0.1) is 11.3 Å². The molecule has 0 saturated carbocycles. The second-order valence-electron chi connectivity index (χ2n) is 6.91. The van der Waals surface area contributed by atoms with Crippen molar-refractivity contribution in [3.05, 3.63) is 47.4 Å². The summed E-state index contributed by atoms with van der Waals surface area (Å²) in [5.74, 6) is 2.09. The molecular formula is C20H20N6S. The fraction of sp³-hybridized carbons (Fsp3) is 0.300. The Morgan fingerprint density at radius 3 is 2.37 bits per heavy atom. The van der Waals surface area contributed by atoms with Crippen LogP contribution < -0.4 is 9.80 Å². The number of nitrogens with zero attached hydrogens (tertiary/aromatic N) is 6. The first-order valence-corrected chi connectivity index (χ1v) is 9.94. The van der Waals surface area contributed by atoms with Gasteiger partial charge >= 0.3 is 0 Å². The van der Waals surface area contributed by atoms with Crippen LogP contribution in [0.4, 0.5) is 11.6 Å². The van der Waals surface area contributed by atoms with E-state index in [0.717, 1.165) is 58.9 Å². The zero-order valence-electron chi connectivity index (χ0n) is 15.4. The van der Waals surface area contributed by atoms with E-state index in [9.17, 15) is 0 Å². The lowest BCUT2D eigenvalue weighted by molar-refractivity contribution is 0.644. The molecule has 0 spiro atoms. The predicted molar refractivity (Wildman–Crippen MR) is 111 cm³/mol. The SMILES string of the molecule is Cc1cc2c(N3CCN(c4ncnc5cccc(C)c45)CC3)ncnc2s1. The van der Waals surface area contributed by atoms with Crippen LogP contribution in [-0.2, 0) is 0 Å². The Bertz CT molecular complexity index is 1120. The summed E-state index contributed by atoms with van der Waals surface area (Å²) in [7, 11) is 0. The summed E-state index contributed by atoms with van der Waals surface area (Å²) < 4.78 is 0. The van der Waals surface area contributed by atoms with Crippen LogP contribution in [0.1, 0.15) is 10.4 Å². The van der Waals surface area contributed by atoms with E-state index < -0.39 is 0 Å². The molecule has 0 aliphatic carbocycles. The van der Waals surface area contributed by atoms with Crippen LogP contribution >= 0.6 is 11.3 Å². The number of hydrogen-bond acceptors (Lipinski definition) is 7. The smallest absolute Gasteiger partial charge is 0.140 e. The molecule has 0 unspecified atom stereocenters. The fourth-order valence-corrected chi connectivity index (χ4v) is 4.69. The summed E-state index contributed by atoms with van der Waals surface area (Å²) >= 11 is 1.73. The van der Waals surface area contributed by atoms with Gasteiger partial charge in [0.2, 0.25) is 0 Å². The molecule has 0 N–H and O–H groups in total. The molecule has 7 heteroatoms. The molecule has 1 fully saturated rings. The lowest BCUT2D eigenvalue weighted by atomic mass is 10.1. The Morgan fingerprint density at radius 2 is 1.56 bits per heavy atom. The van der Waals surface area contributed by atoms with Gasteiger partial charge in [-0.3, -0.25) is 0 Å². The van der Waals surface area contributed by atoms with Gasteiger partial charge in [-0.2, -0.15) is 0 Å². The molecular weight excluding hydrogens is 356 g/mol. The van der Waals surface area contributed by atoms with Crippen LogP contribution in [0, 0.1) is 13.8 Å². The number of benzene rings is 1. The Hall–Kier alpha value is -2.80. The third kappa shape index (κ3) is 2.78. The van der Waals surface area contributed by atoms with Crippen molar-refractivity contribution < 1.29 is 0 Å². The Labute approximate surface area is 161 Å². The summed E-state index contributed by atoms with van der Waals surface area (Å²) in [6, 6.07) is 8.43. The molecule has 27 heavy (non-hydrogen) atoms. The monoisotopic (exact) mass is 376 g/mol. The van der Waals surface area contributed by atoms with Crippen LogP contribution in [-0.4, -0.2) is 46.1 Å². The predicted octanol–water partition coefficient (Wildman–Crippen LogP) is 3.58. The van der Waals surface area contributed by atoms with Crippen molar-refractivity contribution in [2.24, 2.45) is 0 Å². The molecule has 0 bridgehead atoms. The van der Waals surface area contributed by atoms with Crippen LogP contribution in [0.2, 0.25) is 0 Å². The largest absolute Gasteiger partial charge is 0.352 e. The van der Waals surface area contributed by atoms with Crippen LogP contribution in [0.5, 0.6) is 0 Å². The number of rotatable bonds is 2. The molecule has 1 saturated heterocycles. The van der Waals surface area contributed by atoms with Crippen molar-refractivity contribution in [1.82, 2.24) is 19.9 Å². The zero-order chi connectivity index (χ0) is 18.4. The number of aromatic nitrogens is 4. The zero-order valence-corrected chi connectivity index (χ0v) is 16.2. The van der Waals surface area contributed by atoms with Gasteiger partial charge in [0, 0.05) is 36.4 Å². The molecule has 5 rings (SSSR count). The van der Waals surface area contributed by atoms with Gasteiger partial charge < -0.3 is 9.80 Å². The van der Waals surface area contributed by atoms with Gasteiger partial charge in [0.25, 0.3) is 0 Å². The van der Waals surface area contributed by atoms with E-state index in [0.29, 0.717) is 0 Å². The number of thiophene rings is 1. The van der Waals surface area contributed by atoms with Crippen LogP contribution in [0.25, 0.3) is 21.1 Å². The molecule has 1 aliphatic heterocycles. The third-order valence-electron chi connectivity index (χ3n) is 5.16. The lowest BCUT2D eigenvalue weighted by Crippen LogP contribution is -2.47. The molecule has 1 aromatic carbocycles. The highest BCUT2D eigenvalue weighted by Crippen LogP contribution is 2.31. The lowest BCUT2D eigenvalue weighted by Gasteiger charge is -2.36. The van der Waals surface area contributed by atoms with Crippen molar-refractivity contribution >= 4 is 44.1 Å². The first-order chi connectivity index (χ1) is 13.2. The fourth-order valence-electron chi connectivity index (χ4n) is 3.85. The first-order valence-electron chi connectivity index (χ1n) is 9.12. The Morgan fingerprint density at radius 1 is 0.852 bits per heavy atom. The number of hydrogen-bond donors (Lipinski definition) is 0. The highest BCUT2D eigenvalue weighted by molar-refractivity contribution is 7.18. The van der Waals surface area contributed by atoms with Gasteiger partial charge in [-0.05, 0) is 31.5 Å². The molecule has 1 aliphatic rings. The number of fused-ring (bicyclic) bond motifs is 2. The molecule has 136 valence electrons. The Balaban J connectivity index is 1.44. The van der Waals surface area contributed by atoms with Crippen molar-refractivity contribution in [3.8, 4) is 0 Å². The number of anilines is 2. The minimum absolute atomic E-state index is 0.912. The minimum Gasteiger partial charge on any atom is -0.352 e. The van der Waals surface area contributed by atoms with Gasteiger partial charge in [0.15, 0.2) is 0 Å². The van der Waals surface area contributed by atoms with Crippen molar-refractivity contribution in [2.45, 2.75) is 13.8 Å². The molecule has 0 atom stereocenters. The second kappa shape index (κ2) is 6.42. The highest BCUT2D eigenvalue weighted by atomic mass is 32.1. The van der Waals surface area contributed by atoms with E-state index in [-0.39, 0.29) is 0 Å². The van der Waals surface area contributed by atoms with Crippen LogP contribution in [0.3, 0.4) is 0 Å². The van der Waals surface area contributed by atoms with E-state index in [1.54, 1.807) is 24.0 Å². The van der Waals surface area contributed by atoms with E-state index >= 15 is 0 Å². The summed E-state index contributed by atoms with van der Waals surface area (Å²) in [4.78, 5) is 25.1. The summed E-state index contributed by atoms with van der Waals surface area (Å²) in [5, 5.41) is 2.32. The highest BCUT2D eigenvalue weighted by Gasteiger charge is 2.23. The first kappa shape index (κ1) is 16.4. The van der Waals surface area contributed by atoms with Gasteiger partial charge in [-0.1, -0.05) is 12.1 Å².